The lowest BCUT2D eigenvalue weighted by atomic mass is 10.0. The zero-order chi connectivity index (χ0) is 22.8. The second kappa shape index (κ2) is 12.6. The summed E-state index contributed by atoms with van der Waals surface area (Å²) in [6, 6.07) is 16.9. The minimum absolute atomic E-state index is 0.0333. The quantitative estimate of drug-likeness (QED) is 0.570. The predicted octanol–water partition coefficient (Wildman–Crippen LogP) is 4.23. The number of nitrogens with zero attached hydrogens (tertiary/aromatic N) is 1. The summed E-state index contributed by atoms with van der Waals surface area (Å²) in [5, 5.41) is 3.02. The third kappa shape index (κ3) is 8.29. The van der Waals surface area contributed by atoms with Gasteiger partial charge in [0.2, 0.25) is 5.91 Å². The second-order valence-electron chi connectivity index (χ2n) is 9.19. The SMILES string of the molecule is CC(C)Cc1ccc(CC(=O)NCc2cccc(OCCN(C)C3CCOCC3)c2)cc1. The predicted molar refractivity (Wildman–Crippen MR) is 129 cm³/mol. The number of benzene rings is 2. The Hall–Kier alpha value is -2.37. The number of likely N-dealkylation sites (N-methyl/N-ethyl adjacent to an activating group) is 1. The van der Waals surface area contributed by atoms with E-state index in [1.807, 2.05) is 24.3 Å². The van der Waals surface area contributed by atoms with Crippen molar-refractivity contribution in [2.24, 2.45) is 5.92 Å². The van der Waals surface area contributed by atoms with E-state index in [4.69, 9.17) is 9.47 Å². The topological polar surface area (TPSA) is 50.8 Å². The van der Waals surface area contributed by atoms with Gasteiger partial charge in [-0.15, -0.1) is 0 Å². The molecule has 0 saturated carbocycles. The molecule has 5 nitrogen and oxygen atoms in total. The molecule has 1 N–H and O–H groups in total. The van der Waals surface area contributed by atoms with Crippen LogP contribution in [-0.4, -0.2) is 50.3 Å². The molecule has 0 atom stereocenters. The molecule has 1 aliphatic heterocycles. The number of hydrogen-bond acceptors (Lipinski definition) is 4. The maximum absolute atomic E-state index is 12.4. The highest BCUT2D eigenvalue weighted by Gasteiger charge is 2.18. The fourth-order valence-electron chi connectivity index (χ4n) is 4.07. The summed E-state index contributed by atoms with van der Waals surface area (Å²) in [5.74, 6) is 1.51. The highest BCUT2D eigenvalue weighted by molar-refractivity contribution is 5.78. The van der Waals surface area contributed by atoms with Gasteiger partial charge in [-0.1, -0.05) is 50.2 Å². The normalized spacial score (nSPS) is 14.7. The van der Waals surface area contributed by atoms with Crippen LogP contribution in [0.25, 0.3) is 0 Å². The van der Waals surface area contributed by atoms with Gasteiger partial charge < -0.3 is 14.8 Å². The van der Waals surface area contributed by atoms with Crippen molar-refractivity contribution in [1.82, 2.24) is 10.2 Å². The average molecular weight is 439 g/mol. The monoisotopic (exact) mass is 438 g/mol. The number of carbonyl (C=O) groups excluding carboxylic acids is 1. The van der Waals surface area contributed by atoms with E-state index in [0.717, 1.165) is 55.9 Å². The summed E-state index contributed by atoms with van der Waals surface area (Å²) < 4.78 is 11.4. The maximum atomic E-state index is 12.4. The van der Waals surface area contributed by atoms with E-state index in [0.29, 0.717) is 31.5 Å². The lowest BCUT2D eigenvalue weighted by molar-refractivity contribution is -0.120. The minimum Gasteiger partial charge on any atom is -0.492 e. The van der Waals surface area contributed by atoms with Gasteiger partial charge in [0, 0.05) is 32.3 Å². The molecule has 1 aliphatic rings. The van der Waals surface area contributed by atoms with Crippen LogP contribution in [0.3, 0.4) is 0 Å². The minimum atomic E-state index is 0.0333. The van der Waals surface area contributed by atoms with Gasteiger partial charge in [0.1, 0.15) is 12.4 Å². The highest BCUT2D eigenvalue weighted by Crippen LogP contribution is 2.15. The van der Waals surface area contributed by atoms with Crippen molar-refractivity contribution < 1.29 is 14.3 Å². The van der Waals surface area contributed by atoms with Crippen LogP contribution in [0.4, 0.5) is 0 Å². The molecule has 1 saturated heterocycles. The van der Waals surface area contributed by atoms with Crippen LogP contribution in [-0.2, 0) is 28.9 Å². The van der Waals surface area contributed by atoms with Gasteiger partial charge in [0.25, 0.3) is 0 Å². The maximum Gasteiger partial charge on any atom is 0.224 e. The standard InChI is InChI=1S/C27H38N2O3/c1-21(2)17-22-7-9-23(10-8-22)19-27(30)28-20-24-5-4-6-26(18-24)32-16-13-29(3)25-11-14-31-15-12-25/h4-10,18,21,25H,11-17,19-20H2,1-3H3,(H,28,30). The fourth-order valence-corrected chi connectivity index (χ4v) is 4.07. The number of rotatable bonds is 11. The smallest absolute Gasteiger partial charge is 0.224 e. The fraction of sp³-hybridized carbons (Fsp3) is 0.519. The number of ether oxygens (including phenoxy) is 2. The molecular formula is C27H38N2O3. The Labute approximate surface area is 193 Å². The number of amides is 1. The Balaban J connectivity index is 1.39. The van der Waals surface area contributed by atoms with Crippen LogP contribution >= 0.6 is 0 Å². The Kier molecular flexibility index (Phi) is 9.57. The summed E-state index contributed by atoms with van der Waals surface area (Å²) in [7, 11) is 2.16. The molecule has 3 rings (SSSR count). The Morgan fingerprint density at radius 3 is 2.53 bits per heavy atom. The number of hydrogen-bond donors (Lipinski definition) is 1. The first-order valence-corrected chi connectivity index (χ1v) is 11.8. The summed E-state index contributed by atoms with van der Waals surface area (Å²) in [4.78, 5) is 14.7. The van der Waals surface area contributed by atoms with Crippen LogP contribution in [0.5, 0.6) is 5.75 Å². The Morgan fingerprint density at radius 2 is 1.81 bits per heavy atom. The van der Waals surface area contributed by atoms with E-state index >= 15 is 0 Å². The van der Waals surface area contributed by atoms with Crippen molar-refractivity contribution in [3.63, 3.8) is 0 Å². The molecule has 5 heteroatoms. The van der Waals surface area contributed by atoms with Crippen molar-refractivity contribution >= 4 is 5.91 Å². The summed E-state index contributed by atoms with van der Waals surface area (Å²) >= 11 is 0. The average Bonchev–Trinajstić information content (AvgIpc) is 2.79. The van der Waals surface area contributed by atoms with E-state index in [9.17, 15) is 4.79 Å². The van der Waals surface area contributed by atoms with Crippen LogP contribution in [0, 0.1) is 5.92 Å². The first kappa shape index (κ1) is 24.3. The van der Waals surface area contributed by atoms with Crippen LogP contribution < -0.4 is 10.1 Å². The van der Waals surface area contributed by atoms with Gasteiger partial charge in [-0.25, -0.2) is 0 Å². The molecule has 174 valence electrons. The van der Waals surface area contributed by atoms with E-state index in [2.05, 4.69) is 55.4 Å². The van der Waals surface area contributed by atoms with Crippen molar-refractivity contribution in [2.45, 2.75) is 52.1 Å². The van der Waals surface area contributed by atoms with Gasteiger partial charge in [-0.2, -0.15) is 0 Å². The highest BCUT2D eigenvalue weighted by atomic mass is 16.5. The molecule has 0 aromatic heterocycles. The summed E-state index contributed by atoms with van der Waals surface area (Å²) in [6.07, 6.45) is 3.65. The lowest BCUT2D eigenvalue weighted by Crippen LogP contribution is -2.38. The molecule has 0 spiro atoms. The first-order chi connectivity index (χ1) is 15.5. The van der Waals surface area contributed by atoms with Gasteiger partial charge in [-0.3, -0.25) is 9.69 Å². The zero-order valence-corrected chi connectivity index (χ0v) is 19.8. The van der Waals surface area contributed by atoms with Crippen LogP contribution in [0.1, 0.15) is 43.4 Å². The van der Waals surface area contributed by atoms with Gasteiger partial charge in [0.15, 0.2) is 0 Å². The molecule has 1 amide bonds. The largest absolute Gasteiger partial charge is 0.492 e. The van der Waals surface area contributed by atoms with E-state index in [1.165, 1.54) is 5.56 Å². The third-order valence-electron chi connectivity index (χ3n) is 5.95. The van der Waals surface area contributed by atoms with Crippen molar-refractivity contribution in [2.75, 3.05) is 33.4 Å². The zero-order valence-electron chi connectivity index (χ0n) is 19.8. The van der Waals surface area contributed by atoms with Gasteiger partial charge >= 0.3 is 0 Å². The van der Waals surface area contributed by atoms with E-state index < -0.39 is 0 Å². The Bertz CT molecular complexity index is 829. The van der Waals surface area contributed by atoms with E-state index in [1.54, 1.807) is 0 Å². The molecule has 0 aliphatic carbocycles. The number of nitrogens with one attached hydrogen (secondary N) is 1. The molecule has 2 aromatic carbocycles. The van der Waals surface area contributed by atoms with Crippen molar-refractivity contribution in [1.29, 1.82) is 0 Å². The van der Waals surface area contributed by atoms with Gasteiger partial charge in [0.05, 0.1) is 6.42 Å². The molecular weight excluding hydrogens is 400 g/mol. The van der Waals surface area contributed by atoms with Crippen molar-refractivity contribution in [3.8, 4) is 5.75 Å². The van der Waals surface area contributed by atoms with Crippen LogP contribution in [0.15, 0.2) is 48.5 Å². The Morgan fingerprint density at radius 1 is 1.09 bits per heavy atom. The van der Waals surface area contributed by atoms with Gasteiger partial charge in [-0.05, 0) is 61.1 Å². The number of carbonyl (C=O) groups is 1. The molecule has 1 heterocycles. The van der Waals surface area contributed by atoms with E-state index in [-0.39, 0.29) is 5.91 Å². The molecule has 0 radical (unpaired) electrons. The molecule has 1 fully saturated rings. The molecule has 32 heavy (non-hydrogen) atoms. The lowest BCUT2D eigenvalue weighted by Gasteiger charge is -2.31. The molecule has 0 bridgehead atoms. The first-order valence-electron chi connectivity index (χ1n) is 11.8. The third-order valence-corrected chi connectivity index (χ3v) is 5.95. The second-order valence-corrected chi connectivity index (χ2v) is 9.19. The summed E-state index contributed by atoms with van der Waals surface area (Å²) in [6.45, 7) is 8.18. The van der Waals surface area contributed by atoms with Crippen LogP contribution in [0.2, 0.25) is 0 Å². The molecule has 0 unspecified atom stereocenters. The summed E-state index contributed by atoms with van der Waals surface area (Å²) in [5.41, 5.74) is 3.40. The molecule has 2 aromatic rings. The van der Waals surface area contributed by atoms with Crippen molar-refractivity contribution in [3.05, 3.63) is 65.2 Å².